The first kappa shape index (κ1) is 21.2. The Bertz CT molecular complexity index is 897. The van der Waals surface area contributed by atoms with Crippen LogP contribution in [0.2, 0.25) is 0 Å². The van der Waals surface area contributed by atoms with Crippen molar-refractivity contribution in [3.05, 3.63) is 64.5 Å². The van der Waals surface area contributed by atoms with Gasteiger partial charge in [-0.2, -0.15) is 13.2 Å². The Hall–Kier alpha value is -3.10. The summed E-state index contributed by atoms with van der Waals surface area (Å²) in [4.78, 5) is 24.0. The molecular weight excluding hydrogens is 380 g/mol. The topological polar surface area (TPSA) is 67.4 Å². The molecule has 2 amide bonds. The van der Waals surface area contributed by atoms with E-state index < -0.39 is 41.0 Å². The molecule has 2 aromatic rings. The molecule has 0 saturated carbocycles. The van der Waals surface area contributed by atoms with Crippen LogP contribution in [0.15, 0.2) is 36.4 Å². The lowest BCUT2D eigenvalue weighted by Gasteiger charge is -2.17. The van der Waals surface area contributed by atoms with Crippen molar-refractivity contribution in [3.63, 3.8) is 0 Å². The quantitative estimate of drug-likeness (QED) is 0.610. The molecule has 0 heterocycles. The fourth-order valence-corrected chi connectivity index (χ4v) is 2.27. The van der Waals surface area contributed by atoms with E-state index in [9.17, 15) is 27.2 Å². The van der Waals surface area contributed by atoms with Gasteiger partial charge >= 0.3 is 6.18 Å². The Kier molecular flexibility index (Phi) is 6.27. The van der Waals surface area contributed by atoms with Crippen molar-refractivity contribution in [2.24, 2.45) is 0 Å². The molecule has 0 radical (unpaired) electrons. The van der Waals surface area contributed by atoms with Crippen LogP contribution < -0.4 is 15.6 Å². The van der Waals surface area contributed by atoms with Crippen LogP contribution in [0.5, 0.6) is 5.75 Å². The average molecular weight is 398 g/mol. The van der Waals surface area contributed by atoms with Crippen molar-refractivity contribution >= 4 is 11.8 Å². The largest absolute Gasteiger partial charge is 0.481 e. The monoisotopic (exact) mass is 398 g/mol. The number of hydrogen-bond acceptors (Lipinski definition) is 3. The van der Waals surface area contributed by atoms with E-state index in [1.807, 2.05) is 25.3 Å². The van der Waals surface area contributed by atoms with Gasteiger partial charge in [-0.1, -0.05) is 12.1 Å². The van der Waals surface area contributed by atoms with Crippen molar-refractivity contribution < 1.29 is 31.9 Å². The van der Waals surface area contributed by atoms with E-state index in [0.29, 0.717) is 17.9 Å². The van der Waals surface area contributed by atoms with Crippen LogP contribution in [-0.2, 0) is 11.0 Å². The summed E-state index contributed by atoms with van der Waals surface area (Å²) in [7, 11) is 0. The Morgan fingerprint density at radius 2 is 1.75 bits per heavy atom. The van der Waals surface area contributed by atoms with E-state index in [2.05, 4.69) is 5.43 Å². The number of aryl methyl sites for hydroxylation is 1. The number of alkyl halides is 3. The molecule has 9 heteroatoms. The minimum absolute atomic E-state index is 0.368. The number of ether oxygens (including phenoxy) is 1. The van der Waals surface area contributed by atoms with E-state index in [4.69, 9.17) is 4.74 Å². The highest BCUT2D eigenvalue weighted by molar-refractivity contribution is 5.96. The SMILES string of the molecule is Cc1cccc(OC(C)C(=O)NNC(=O)c2ccc(F)c(C(F)(F)F)c2)c1C. The molecule has 0 aliphatic rings. The van der Waals surface area contributed by atoms with E-state index in [1.165, 1.54) is 6.92 Å². The van der Waals surface area contributed by atoms with Crippen LogP contribution in [0.3, 0.4) is 0 Å². The van der Waals surface area contributed by atoms with Gasteiger partial charge in [0.15, 0.2) is 6.10 Å². The smallest absolute Gasteiger partial charge is 0.419 e. The summed E-state index contributed by atoms with van der Waals surface area (Å²) in [5.41, 5.74) is 3.83. The molecule has 0 saturated heterocycles. The van der Waals surface area contributed by atoms with Crippen molar-refractivity contribution in [2.75, 3.05) is 0 Å². The van der Waals surface area contributed by atoms with Crippen LogP contribution in [0, 0.1) is 19.7 Å². The number of rotatable bonds is 4. The molecule has 1 unspecified atom stereocenters. The number of halogens is 4. The molecule has 1 atom stereocenters. The Balaban J connectivity index is 2.00. The third-order valence-corrected chi connectivity index (χ3v) is 4.06. The molecule has 0 aliphatic heterocycles. The van der Waals surface area contributed by atoms with Gasteiger partial charge in [0.25, 0.3) is 11.8 Å². The predicted molar refractivity (Wildman–Crippen MR) is 93.0 cm³/mol. The van der Waals surface area contributed by atoms with Gasteiger partial charge in [-0.25, -0.2) is 4.39 Å². The molecule has 5 nitrogen and oxygen atoms in total. The summed E-state index contributed by atoms with van der Waals surface area (Å²) in [6.45, 7) is 5.15. The van der Waals surface area contributed by atoms with Crippen LogP contribution >= 0.6 is 0 Å². The van der Waals surface area contributed by atoms with Crippen molar-refractivity contribution in [1.82, 2.24) is 10.9 Å². The second-order valence-corrected chi connectivity index (χ2v) is 6.09. The van der Waals surface area contributed by atoms with Gasteiger partial charge in [-0.15, -0.1) is 0 Å². The normalized spacial score (nSPS) is 12.2. The van der Waals surface area contributed by atoms with Gasteiger partial charge < -0.3 is 4.74 Å². The van der Waals surface area contributed by atoms with Gasteiger partial charge in [-0.3, -0.25) is 20.4 Å². The number of carbonyl (C=O) groups is 2. The van der Waals surface area contributed by atoms with Gasteiger partial charge in [0.1, 0.15) is 11.6 Å². The predicted octanol–water partition coefficient (Wildman–Crippen LogP) is 3.69. The molecule has 28 heavy (non-hydrogen) atoms. The van der Waals surface area contributed by atoms with Crippen molar-refractivity contribution in [1.29, 1.82) is 0 Å². The molecule has 0 aliphatic carbocycles. The van der Waals surface area contributed by atoms with Crippen molar-refractivity contribution in [3.8, 4) is 5.75 Å². The first-order chi connectivity index (χ1) is 13.0. The Morgan fingerprint density at radius 1 is 1.07 bits per heavy atom. The van der Waals surface area contributed by atoms with E-state index in [-0.39, 0.29) is 0 Å². The number of amides is 2. The highest BCUT2D eigenvalue weighted by Crippen LogP contribution is 2.31. The van der Waals surface area contributed by atoms with Crippen LogP contribution in [0.25, 0.3) is 0 Å². The first-order valence-corrected chi connectivity index (χ1v) is 8.20. The third-order valence-electron chi connectivity index (χ3n) is 4.06. The fraction of sp³-hybridized carbons (Fsp3) is 0.263. The molecule has 0 fully saturated rings. The van der Waals surface area contributed by atoms with Crippen molar-refractivity contribution in [2.45, 2.75) is 33.1 Å². The molecule has 0 spiro atoms. The second-order valence-electron chi connectivity index (χ2n) is 6.09. The number of hydrazine groups is 1. The summed E-state index contributed by atoms with van der Waals surface area (Å²) < 4.78 is 57.0. The van der Waals surface area contributed by atoms with E-state index in [1.54, 1.807) is 12.1 Å². The fourth-order valence-electron chi connectivity index (χ4n) is 2.27. The highest BCUT2D eigenvalue weighted by atomic mass is 19.4. The van der Waals surface area contributed by atoms with Crippen LogP contribution in [0.4, 0.5) is 17.6 Å². The Morgan fingerprint density at radius 3 is 2.39 bits per heavy atom. The van der Waals surface area contributed by atoms with Crippen LogP contribution in [0.1, 0.15) is 34.0 Å². The summed E-state index contributed by atoms with van der Waals surface area (Å²) in [5, 5.41) is 0. The lowest BCUT2D eigenvalue weighted by atomic mass is 10.1. The minimum Gasteiger partial charge on any atom is -0.481 e. The minimum atomic E-state index is -4.95. The molecule has 2 N–H and O–H groups in total. The second kappa shape index (κ2) is 8.28. The highest BCUT2D eigenvalue weighted by Gasteiger charge is 2.34. The zero-order valence-electron chi connectivity index (χ0n) is 15.3. The molecule has 2 aromatic carbocycles. The maximum Gasteiger partial charge on any atom is 0.419 e. The van der Waals surface area contributed by atoms with Gasteiger partial charge in [0, 0.05) is 5.56 Å². The van der Waals surface area contributed by atoms with Gasteiger partial charge in [0.2, 0.25) is 0 Å². The summed E-state index contributed by atoms with van der Waals surface area (Å²) >= 11 is 0. The third kappa shape index (κ3) is 4.99. The zero-order valence-corrected chi connectivity index (χ0v) is 15.3. The Labute approximate surface area is 158 Å². The molecular formula is C19H18F4N2O3. The van der Waals surface area contributed by atoms with E-state index >= 15 is 0 Å². The molecule has 0 aromatic heterocycles. The van der Waals surface area contributed by atoms with Gasteiger partial charge in [0.05, 0.1) is 5.56 Å². The number of nitrogens with one attached hydrogen (secondary N) is 2. The lowest BCUT2D eigenvalue weighted by molar-refractivity contribution is -0.140. The summed E-state index contributed by atoms with van der Waals surface area (Å²) in [6, 6.07) is 7.10. The maximum absolute atomic E-state index is 13.3. The molecule has 150 valence electrons. The standard InChI is InChI=1S/C19H18F4N2O3/c1-10-5-4-6-16(11(10)2)28-12(3)17(26)24-25-18(27)13-7-8-15(20)14(9-13)19(21,22)23/h4-9,12H,1-3H3,(H,24,26)(H,25,27). The van der Waals surface area contributed by atoms with E-state index in [0.717, 1.165) is 17.2 Å². The number of carbonyl (C=O) groups excluding carboxylic acids is 2. The van der Waals surface area contributed by atoms with Crippen LogP contribution in [-0.4, -0.2) is 17.9 Å². The number of benzene rings is 2. The first-order valence-electron chi connectivity index (χ1n) is 8.20. The molecule has 0 bridgehead atoms. The summed E-state index contributed by atoms with van der Waals surface area (Å²) in [5.74, 6) is -2.75. The zero-order chi connectivity index (χ0) is 21.1. The maximum atomic E-state index is 13.3. The molecule has 2 rings (SSSR count). The van der Waals surface area contributed by atoms with Gasteiger partial charge in [-0.05, 0) is 56.2 Å². The summed E-state index contributed by atoms with van der Waals surface area (Å²) in [6.07, 6.45) is -5.93. The average Bonchev–Trinajstić information content (AvgIpc) is 2.62. The number of hydrogen-bond donors (Lipinski definition) is 2. The lowest BCUT2D eigenvalue weighted by Crippen LogP contribution is -2.47.